The van der Waals surface area contributed by atoms with E-state index in [0.717, 1.165) is 38.6 Å². The van der Waals surface area contributed by atoms with E-state index in [0.29, 0.717) is 47.1 Å². The second-order valence-electron chi connectivity index (χ2n) is 17.7. The van der Waals surface area contributed by atoms with Crippen molar-refractivity contribution < 1.29 is 42.2 Å². The number of hydrogen-bond acceptors (Lipinski definition) is 12. The molecule has 4 aliphatic heterocycles. The SMILES string of the molecule is C#Cc1c(F)ccc2cccc(-c3ccc4c(N5C[C@H]6CC[C@@H](C5)N6C(=O)OC(C)(C)C)nc(OC[C@@]56CCCN5[C@H](COC(=O)Oc5ccc([N+](=O)[O-])cc5)CC6)nc4c3F)c12. The Morgan fingerprint density at radius 2 is 1.73 bits per heavy atom. The highest BCUT2D eigenvalue weighted by Gasteiger charge is 2.50. The molecule has 0 unspecified atom stereocenters. The van der Waals surface area contributed by atoms with Crippen LogP contribution in [0.4, 0.5) is 29.9 Å². The molecule has 63 heavy (non-hydrogen) atoms. The van der Waals surface area contributed by atoms with Crippen molar-refractivity contribution in [3.63, 3.8) is 0 Å². The monoisotopic (exact) mass is 860 g/mol. The summed E-state index contributed by atoms with van der Waals surface area (Å²) < 4.78 is 55.5. The molecular formula is C47H46F2N6O8. The van der Waals surface area contributed by atoms with Crippen molar-refractivity contribution in [1.82, 2.24) is 19.8 Å². The number of piperazine rings is 1. The number of nitro groups is 1. The maximum Gasteiger partial charge on any atom is 0.513 e. The number of carbonyl (C=O) groups is 2. The van der Waals surface area contributed by atoms with Crippen LogP contribution in [-0.2, 0) is 9.47 Å². The predicted octanol–water partition coefficient (Wildman–Crippen LogP) is 8.80. The zero-order valence-electron chi connectivity index (χ0n) is 35.1. The Hall–Kier alpha value is -6.60. The lowest BCUT2D eigenvalue weighted by molar-refractivity contribution is -0.384. The van der Waals surface area contributed by atoms with Crippen LogP contribution in [0.2, 0.25) is 0 Å². The Morgan fingerprint density at radius 3 is 2.44 bits per heavy atom. The zero-order chi connectivity index (χ0) is 44.2. The molecule has 5 heterocycles. The van der Waals surface area contributed by atoms with Gasteiger partial charge in [0, 0.05) is 47.6 Å². The summed E-state index contributed by atoms with van der Waals surface area (Å²) in [6.07, 6.45) is 9.21. The normalized spacial score (nSPS) is 21.9. The lowest BCUT2D eigenvalue weighted by Gasteiger charge is -2.42. The average Bonchev–Trinajstić information content (AvgIpc) is 3.91. The van der Waals surface area contributed by atoms with Gasteiger partial charge < -0.3 is 23.8 Å². The van der Waals surface area contributed by atoms with E-state index in [2.05, 4.69) is 15.7 Å². The molecule has 1 amide bonds. The van der Waals surface area contributed by atoms with Crippen LogP contribution in [0.15, 0.2) is 66.7 Å². The molecule has 4 fully saturated rings. The van der Waals surface area contributed by atoms with Gasteiger partial charge in [0.2, 0.25) is 0 Å². The Labute approximate surface area is 362 Å². The molecule has 0 saturated carbocycles. The Bertz CT molecular complexity index is 2670. The van der Waals surface area contributed by atoms with Crippen molar-refractivity contribution in [3.8, 4) is 35.2 Å². The van der Waals surface area contributed by atoms with E-state index in [4.69, 9.17) is 35.3 Å². The van der Waals surface area contributed by atoms with Gasteiger partial charge in [-0.05, 0) is 101 Å². The lowest BCUT2D eigenvalue weighted by atomic mass is 9.93. The first kappa shape index (κ1) is 41.7. The van der Waals surface area contributed by atoms with E-state index in [1.165, 1.54) is 30.3 Å². The molecule has 16 heteroatoms. The van der Waals surface area contributed by atoms with Crippen molar-refractivity contribution in [2.45, 2.75) is 88.6 Å². The standard InChI is InChI=1S/C47H46F2N6O8/c1-5-34-38(48)19-10-28-8-6-9-35(39(28)34)36-17-18-37-41(40(36)49)50-43(51-42(37)52-24-30-11-12-31(25-52)54(30)44(56)63-46(2,3)4)61-27-47-21-7-23-53(47)32(20-22-47)26-60-45(57)62-33-15-13-29(14-16-33)55(58)59/h1,6,8-10,13-19,30-32H,7,11-12,20-27H2,2-4H3/t30-,31+,32-,47-/m0/s1. The minimum atomic E-state index is -0.917. The highest BCUT2D eigenvalue weighted by Crippen LogP contribution is 2.44. The van der Waals surface area contributed by atoms with E-state index in [1.807, 2.05) is 25.7 Å². The number of ether oxygens (including phenoxy) is 4. The van der Waals surface area contributed by atoms with Crippen LogP contribution in [0.1, 0.15) is 64.9 Å². The molecule has 4 aliphatic rings. The maximum absolute atomic E-state index is 17.3. The van der Waals surface area contributed by atoms with Crippen molar-refractivity contribution in [2.75, 3.05) is 37.7 Å². The molecule has 1 aromatic heterocycles. The summed E-state index contributed by atoms with van der Waals surface area (Å²) in [6.45, 7) is 7.39. The van der Waals surface area contributed by atoms with Gasteiger partial charge in [0.25, 0.3) is 5.69 Å². The highest BCUT2D eigenvalue weighted by molar-refractivity contribution is 6.03. The van der Waals surface area contributed by atoms with Gasteiger partial charge in [-0.3, -0.25) is 19.9 Å². The molecule has 5 aromatic rings. The summed E-state index contributed by atoms with van der Waals surface area (Å²) >= 11 is 0. The first-order valence-electron chi connectivity index (χ1n) is 21.2. The van der Waals surface area contributed by atoms with Gasteiger partial charge >= 0.3 is 18.3 Å². The summed E-state index contributed by atoms with van der Waals surface area (Å²) in [5.41, 5.74) is -0.540. The van der Waals surface area contributed by atoms with E-state index in [9.17, 15) is 19.7 Å². The fourth-order valence-electron chi connectivity index (χ4n) is 9.96. The van der Waals surface area contributed by atoms with E-state index in [1.54, 1.807) is 36.4 Å². The van der Waals surface area contributed by atoms with Gasteiger partial charge in [-0.15, -0.1) is 6.42 Å². The third kappa shape index (κ3) is 7.90. The van der Waals surface area contributed by atoms with Crippen LogP contribution in [-0.4, -0.2) is 99.1 Å². The molecule has 4 saturated heterocycles. The number of anilines is 1. The van der Waals surface area contributed by atoms with Crippen LogP contribution in [0, 0.1) is 34.1 Å². The zero-order valence-corrected chi connectivity index (χ0v) is 35.1. The Balaban J connectivity index is 1.01. The quantitative estimate of drug-likeness (QED) is 0.0458. The highest BCUT2D eigenvalue weighted by atomic mass is 19.1. The van der Waals surface area contributed by atoms with E-state index < -0.39 is 33.9 Å². The molecule has 0 aliphatic carbocycles. The number of terminal acetylenes is 1. The molecule has 4 aromatic carbocycles. The lowest BCUT2D eigenvalue weighted by Crippen LogP contribution is -2.57. The van der Waals surface area contributed by atoms with E-state index >= 15 is 8.78 Å². The summed E-state index contributed by atoms with van der Waals surface area (Å²) in [4.78, 5) is 52.3. The van der Waals surface area contributed by atoms with Crippen molar-refractivity contribution >= 4 is 45.4 Å². The molecular weight excluding hydrogens is 815 g/mol. The molecule has 14 nitrogen and oxygen atoms in total. The van der Waals surface area contributed by atoms with E-state index in [-0.39, 0.29) is 71.5 Å². The van der Waals surface area contributed by atoms with Gasteiger partial charge in [0.05, 0.1) is 28.1 Å². The number of non-ortho nitro benzene ring substituents is 1. The number of halogens is 2. The minimum Gasteiger partial charge on any atom is -0.461 e. The number of aromatic nitrogens is 2. The fraction of sp³-hybridized carbons (Fsp3) is 0.404. The summed E-state index contributed by atoms with van der Waals surface area (Å²) in [6, 6.07) is 16.3. The van der Waals surface area contributed by atoms with Gasteiger partial charge in [0.15, 0.2) is 5.82 Å². The van der Waals surface area contributed by atoms with Crippen molar-refractivity contribution in [3.05, 3.63) is 94.0 Å². The third-order valence-corrected chi connectivity index (χ3v) is 12.7. The largest absolute Gasteiger partial charge is 0.513 e. The number of nitro benzene ring substituents is 1. The van der Waals surface area contributed by atoms with Crippen LogP contribution in [0.25, 0.3) is 32.8 Å². The minimum absolute atomic E-state index is 0.0173. The Morgan fingerprint density at radius 1 is 0.968 bits per heavy atom. The smallest absolute Gasteiger partial charge is 0.461 e. The molecule has 9 rings (SSSR count). The average molecular weight is 861 g/mol. The predicted molar refractivity (Wildman–Crippen MR) is 230 cm³/mol. The van der Waals surface area contributed by atoms with Crippen molar-refractivity contribution in [2.24, 2.45) is 0 Å². The van der Waals surface area contributed by atoms with Crippen LogP contribution >= 0.6 is 0 Å². The second-order valence-corrected chi connectivity index (χ2v) is 17.7. The van der Waals surface area contributed by atoms with Crippen molar-refractivity contribution in [1.29, 1.82) is 0 Å². The maximum atomic E-state index is 17.3. The first-order chi connectivity index (χ1) is 30.2. The second kappa shape index (κ2) is 16.3. The summed E-state index contributed by atoms with van der Waals surface area (Å²) in [5, 5.41) is 12.5. The number of fused-ring (bicyclic) bond motifs is 5. The molecule has 2 bridgehead atoms. The topological polar surface area (TPSA) is 150 Å². The Kier molecular flexibility index (Phi) is 10.8. The molecule has 0 N–H and O–H groups in total. The third-order valence-electron chi connectivity index (χ3n) is 12.7. The van der Waals surface area contributed by atoms with Crippen LogP contribution in [0.5, 0.6) is 11.8 Å². The number of amides is 1. The number of hydrogen-bond donors (Lipinski definition) is 0. The molecule has 0 spiro atoms. The van der Waals surface area contributed by atoms with Gasteiger partial charge in [-0.25, -0.2) is 18.4 Å². The number of benzene rings is 4. The van der Waals surface area contributed by atoms with Gasteiger partial charge in [-0.2, -0.15) is 9.97 Å². The molecule has 4 atom stereocenters. The molecule has 0 radical (unpaired) electrons. The van der Waals surface area contributed by atoms with Gasteiger partial charge in [0.1, 0.15) is 41.7 Å². The molecule has 326 valence electrons. The number of carbonyl (C=O) groups excluding carboxylic acids is 2. The van der Waals surface area contributed by atoms with Crippen LogP contribution < -0.4 is 14.4 Å². The summed E-state index contributed by atoms with van der Waals surface area (Å²) in [5.74, 6) is 1.83. The van der Waals surface area contributed by atoms with Crippen LogP contribution in [0.3, 0.4) is 0 Å². The van der Waals surface area contributed by atoms with Gasteiger partial charge in [-0.1, -0.05) is 36.3 Å². The number of nitrogens with zero attached hydrogens (tertiary/aromatic N) is 6. The fourth-order valence-corrected chi connectivity index (χ4v) is 9.96. The summed E-state index contributed by atoms with van der Waals surface area (Å²) in [7, 11) is 0. The first-order valence-corrected chi connectivity index (χ1v) is 21.2. The number of rotatable bonds is 9.